The van der Waals surface area contributed by atoms with Gasteiger partial charge in [-0.25, -0.2) is 0 Å². The molecule has 5 nitrogen and oxygen atoms in total. The van der Waals surface area contributed by atoms with Crippen molar-refractivity contribution in [3.8, 4) is 0 Å². The van der Waals surface area contributed by atoms with Gasteiger partial charge >= 0.3 is 0 Å². The number of carbonyl (C=O) groups is 1. The summed E-state index contributed by atoms with van der Waals surface area (Å²) in [6, 6.07) is 10.6. The lowest BCUT2D eigenvalue weighted by molar-refractivity contribution is -0.121. The lowest BCUT2D eigenvalue weighted by Gasteiger charge is -2.25. The predicted molar refractivity (Wildman–Crippen MR) is 92.1 cm³/mol. The van der Waals surface area contributed by atoms with Gasteiger partial charge in [-0.3, -0.25) is 9.48 Å². The van der Waals surface area contributed by atoms with Crippen molar-refractivity contribution in [1.82, 2.24) is 20.0 Å². The number of rotatable bonds is 8. The zero-order chi connectivity index (χ0) is 16.7. The Bertz CT molecular complexity index is 590. The fraction of sp³-hybridized carbons (Fsp3) is 0.444. The van der Waals surface area contributed by atoms with Crippen LogP contribution in [0.3, 0.4) is 0 Å². The van der Waals surface area contributed by atoms with Crippen molar-refractivity contribution in [1.29, 1.82) is 0 Å². The van der Waals surface area contributed by atoms with Crippen LogP contribution >= 0.6 is 0 Å². The van der Waals surface area contributed by atoms with Crippen LogP contribution in [0.15, 0.2) is 42.7 Å². The number of aromatic nitrogens is 2. The number of benzene rings is 1. The SMILES string of the molecule is Cc1ccc([C@H](CNC(=O)CCCn2cccn2)N(C)C)cc1. The number of nitrogens with one attached hydrogen (secondary N) is 1. The molecule has 0 radical (unpaired) electrons. The quantitative estimate of drug-likeness (QED) is 0.814. The molecule has 0 saturated heterocycles. The average Bonchev–Trinajstić information content (AvgIpc) is 3.02. The summed E-state index contributed by atoms with van der Waals surface area (Å²) in [4.78, 5) is 14.2. The summed E-state index contributed by atoms with van der Waals surface area (Å²) in [6.07, 6.45) is 4.99. The van der Waals surface area contributed by atoms with Gasteiger partial charge in [0.1, 0.15) is 0 Å². The minimum absolute atomic E-state index is 0.0936. The molecule has 1 aromatic carbocycles. The van der Waals surface area contributed by atoms with Gasteiger partial charge in [0, 0.05) is 31.9 Å². The van der Waals surface area contributed by atoms with Gasteiger partial charge in [-0.15, -0.1) is 0 Å². The van der Waals surface area contributed by atoms with Crippen molar-refractivity contribution < 1.29 is 4.79 Å². The molecule has 1 aromatic heterocycles. The third-order valence-electron chi connectivity index (χ3n) is 3.93. The molecule has 0 aliphatic rings. The van der Waals surface area contributed by atoms with E-state index in [1.54, 1.807) is 6.20 Å². The Morgan fingerprint density at radius 3 is 2.65 bits per heavy atom. The Morgan fingerprint density at radius 1 is 1.30 bits per heavy atom. The standard InChI is InChI=1S/C18H26N4O/c1-15-7-9-16(10-8-15)17(21(2)3)14-19-18(23)6-4-12-22-13-5-11-20-22/h5,7-11,13,17H,4,6,12,14H2,1-3H3,(H,19,23)/t17-/m0/s1. The second kappa shape index (κ2) is 8.48. The molecule has 0 aliphatic heterocycles. The fourth-order valence-corrected chi connectivity index (χ4v) is 2.52. The number of likely N-dealkylation sites (N-methyl/N-ethyl adjacent to an activating group) is 1. The molecule has 0 spiro atoms. The van der Waals surface area contributed by atoms with Crippen LogP contribution in [0, 0.1) is 6.92 Å². The van der Waals surface area contributed by atoms with E-state index in [9.17, 15) is 4.79 Å². The van der Waals surface area contributed by atoms with Crippen LogP contribution in [0.25, 0.3) is 0 Å². The monoisotopic (exact) mass is 314 g/mol. The van der Waals surface area contributed by atoms with E-state index in [1.807, 2.05) is 31.0 Å². The van der Waals surface area contributed by atoms with Gasteiger partial charge < -0.3 is 10.2 Å². The second-order valence-electron chi connectivity index (χ2n) is 6.07. The lowest BCUT2D eigenvalue weighted by atomic mass is 10.0. The number of nitrogens with zero attached hydrogens (tertiary/aromatic N) is 3. The third-order valence-corrected chi connectivity index (χ3v) is 3.93. The van der Waals surface area contributed by atoms with Gasteiger partial charge in [0.05, 0.1) is 6.04 Å². The summed E-state index contributed by atoms with van der Waals surface area (Å²) in [5.74, 6) is 0.0936. The van der Waals surface area contributed by atoms with Gasteiger partial charge in [0.2, 0.25) is 5.91 Å². The van der Waals surface area contributed by atoms with Crippen molar-refractivity contribution in [2.24, 2.45) is 0 Å². The normalized spacial score (nSPS) is 12.3. The molecule has 0 saturated carbocycles. The summed E-state index contributed by atoms with van der Waals surface area (Å²) in [5.41, 5.74) is 2.46. The maximum atomic E-state index is 12.0. The van der Waals surface area contributed by atoms with E-state index in [1.165, 1.54) is 11.1 Å². The Hall–Kier alpha value is -2.14. The Balaban J connectivity index is 1.79. The highest BCUT2D eigenvalue weighted by molar-refractivity contribution is 5.75. The van der Waals surface area contributed by atoms with E-state index in [0.717, 1.165) is 13.0 Å². The molecule has 0 unspecified atom stereocenters. The van der Waals surface area contributed by atoms with Crippen molar-refractivity contribution >= 4 is 5.91 Å². The van der Waals surface area contributed by atoms with Crippen molar-refractivity contribution in [3.05, 3.63) is 53.9 Å². The molecule has 1 N–H and O–H groups in total. The number of hydrogen-bond acceptors (Lipinski definition) is 3. The molecule has 0 bridgehead atoms. The summed E-state index contributed by atoms with van der Waals surface area (Å²) >= 11 is 0. The van der Waals surface area contributed by atoms with Crippen molar-refractivity contribution in [3.63, 3.8) is 0 Å². The minimum Gasteiger partial charge on any atom is -0.354 e. The van der Waals surface area contributed by atoms with Gasteiger partial charge in [0.15, 0.2) is 0 Å². The van der Waals surface area contributed by atoms with E-state index in [4.69, 9.17) is 0 Å². The number of hydrogen-bond donors (Lipinski definition) is 1. The molecule has 2 aromatic rings. The molecule has 1 atom stereocenters. The molecule has 1 amide bonds. The van der Waals surface area contributed by atoms with Gasteiger partial charge in [-0.2, -0.15) is 5.10 Å². The third kappa shape index (κ3) is 5.53. The van der Waals surface area contributed by atoms with Crippen molar-refractivity contribution in [2.75, 3.05) is 20.6 Å². The summed E-state index contributed by atoms with van der Waals surface area (Å²) < 4.78 is 1.85. The molecule has 2 rings (SSSR count). The van der Waals surface area contributed by atoms with Crippen LogP contribution in [-0.2, 0) is 11.3 Å². The molecule has 0 fully saturated rings. The second-order valence-corrected chi connectivity index (χ2v) is 6.07. The van der Waals surface area contributed by atoms with Gasteiger partial charge in [-0.05, 0) is 39.1 Å². The van der Waals surface area contributed by atoms with Crippen LogP contribution in [0.4, 0.5) is 0 Å². The first-order chi connectivity index (χ1) is 11.1. The van der Waals surface area contributed by atoms with E-state index in [0.29, 0.717) is 13.0 Å². The van der Waals surface area contributed by atoms with Gasteiger partial charge in [0.25, 0.3) is 0 Å². The summed E-state index contributed by atoms with van der Waals surface area (Å²) in [5, 5.41) is 7.18. The zero-order valence-corrected chi connectivity index (χ0v) is 14.2. The summed E-state index contributed by atoms with van der Waals surface area (Å²) in [6.45, 7) is 3.47. The highest BCUT2D eigenvalue weighted by Crippen LogP contribution is 2.17. The summed E-state index contributed by atoms with van der Waals surface area (Å²) in [7, 11) is 4.07. The molecule has 23 heavy (non-hydrogen) atoms. The van der Waals surface area contributed by atoms with E-state index < -0.39 is 0 Å². The Labute approximate surface area is 138 Å². The van der Waals surface area contributed by atoms with Crippen LogP contribution < -0.4 is 5.32 Å². The molecule has 124 valence electrons. The first-order valence-corrected chi connectivity index (χ1v) is 8.03. The van der Waals surface area contributed by atoms with Crippen LogP contribution in [0.2, 0.25) is 0 Å². The van der Waals surface area contributed by atoms with E-state index in [-0.39, 0.29) is 11.9 Å². The average molecular weight is 314 g/mol. The van der Waals surface area contributed by atoms with Gasteiger partial charge in [-0.1, -0.05) is 29.8 Å². The Kier molecular flexibility index (Phi) is 6.35. The Morgan fingerprint density at radius 2 is 2.04 bits per heavy atom. The fourth-order valence-electron chi connectivity index (χ4n) is 2.52. The molecular formula is C18H26N4O. The minimum atomic E-state index is 0.0936. The molecule has 0 aliphatic carbocycles. The number of carbonyl (C=O) groups excluding carboxylic acids is 1. The number of aryl methyl sites for hydroxylation is 2. The maximum absolute atomic E-state index is 12.0. The lowest BCUT2D eigenvalue weighted by Crippen LogP contribution is -2.34. The van der Waals surface area contributed by atoms with Crippen molar-refractivity contribution in [2.45, 2.75) is 32.4 Å². The smallest absolute Gasteiger partial charge is 0.220 e. The molecule has 1 heterocycles. The van der Waals surface area contributed by atoms with Crippen LogP contribution in [0.5, 0.6) is 0 Å². The maximum Gasteiger partial charge on any atom is 0.220 e. The van der Waals surface area contributed by atoms with E-state index in [2.05, 4.69) is 46.5 Å². The largest absolute Gasteiger partial charge is 0.354 e. The van der Waals surface area contributed by atoms with E-state index >= 15 is 0 Å². The van der Waals surface area contributed by atoms with Crippen LogP contribution in [-0.4, -0.2) is 41.2 Å². The zero-order valence-electron chi connectivity index (χ0n) is 14.2. The topological polar surface area (TPSA) is 50.2 Å². The first kappa shape index (κ1) is 17.2. The molecule has 5 heteroatoms. The number of amides is 1. The predicted octanol–water partition coefficient (Wildman–Crippen LogP) is 2.39. The highest BCUT2D eigenvalue weighted by Gasteiger charge is 2.15. The highest BCUT2D eigenvalue weighted by atomic mass is 16.1. The first-order valence-electron chi connectivity index (χ1n) is 8.03. The molecular weight excluding hydrogens is 288 g/mol. The van der Waals surface area contributed by atoms with Crippen LogP contribution in [0.1, 0.15) is 30.0 Å².